The van der Waals surface area contributed by atoms with Gasteiger partial charge >= 0.3 is 0 Å². The van der Waals surface area contributed by atoms with Crippen molar-refractivity contribution in [2.45, 2.75) is 13.5 Å². The Bertz CT molecular complexity index is 537. The number of aryl methyl sites for hydroxylation is 1. The molecule has 0 spiro atoms. The second-order valence-corrected chi connectivity index (χ2v) is 4.18. The van der Waals surface area contributed by atoms with Crippen molar-refractivity contribution in [3.63, 3.8) is 0 Å². The molecule has 0 unspecified atom stereocenters. The smallest absolute Gasteiger partial charge is 0.128 e. The summed E-state index contributed by atoms with van der Waals surface area (Å²) >= 11 is 6.13. The summed E-state index contributed by atoms with van der Waals surface area (Å²) in [5, 5.41) is 7.61. The third-order valence-corrected chi connectivity index (χ3v) is 3.10. The molecule has 0 radical (unpaired) electrons. The lowest BCUT2D eigenvalue weighted by molar-refractivity contribution is 0.416. The van der Waals surface area contributed by atoms with Crippen LogP contribution in [0.25, 0.3) is 11.3 Å². The number of ether oxygens (including phenoxy) is 1. The Morgan fingerprint density at radius 2 is 2.24 bits per heavy atom. The number of rotatable bonds is 3. The third kappa shape index (κ3) is 2.14. The number of methoxy groups -OCH3 is 1. The Balaban J connectivity index is 2.62. The summed E-state index contributed by atoms with van der Waals surface area (Å²) in [6.45, 7) is 2.35. The number of nitrogens with zero attached hydrogens (tertiary/aromatic N) is 1. The molecule has 2 aromatic rings. The van der Waals surface area contributed by atoms with Gasteiger partial charge in [0, 0.05) is 22.7 Å². The van der Waals surface area contributed by atoms with Crippen molar-refractivity contribution in [2.24, 2.45) is 5.73 Å². The number of nitrogens with two attached hydrogens (primary N) is 1. The Labute approximate surface area is 105 Å². The molecule has 4 nitrogen and oxygen atoms in total. The van der Waals surface area contributed by atoms with E-state index in [0.29, 0.717) is 11.6 Å². The molecule has 0 amide bonds. The molecule has 0 aliphatic heterocycles. The minimum absolute atomic E-state index is 0.417. The molecule has 0 atom stereocenters. The molecule has 0 aliphatic carbocycles. The van der Waals surface area contributed by atoms with E-state index in [0.717, 1.165) is 28.1 Å². The first kappa shape index (κ1) is 12.0. The zero-order valence-electron chi connectivity index (χ0n) is 9.75. The number of hydrogen-bond acceptors (Lipinski definition) is 3. The van der Waals surface area contributed by atoms with Crippen LogP contribution >= 0.6 is 11.6 Å². The number of aromatic amines is 1. The van der Waals surface area contributed by atoms with Crippen LogP contribution in [0.5, 0.6) is 5.75 Å². The molecular weight excluding hydrogens is 238 g/mol. The van der Waals surface area contributed by atoms with Gasteiger partial charge in [0.1, 0.15) is 5.75 Å². The van der Waals surface area contributed by atoms with Gasteiger partial charge in [0.2, 0.25) is 0 Å². The fraction of sp³-hybridized carbons (Fsp3) is 0.250. The van der Waals surface area contributed by atoms with Gasteiger partial charge in [-0.25, -0.2) is 0 Å². The monoisotopic (exact) mass is 251 g/mol. The number of benzene rings is 1. The highest BCUT2D eigenvalue weighted by molar-refractivity contribution is 6.31. The van der Waals surface area contributed by atoms with E-state index >= 15 is 0 Å². The number of H-pyrrole nitrogens is 1. The molecule has 0 aliphatic rings. The number of halogens is 1. The fourth-order valence-electron chi connectivity index (χ4n) is 1.72. The summed E-state index contributed by atoms with van der Waals surface area (Å²) < 4.78 is 5.36. The topological polar surface area (TPSA) is 63.9 Å². The summed E-state index contributed by atoms with van der Waals surface area (Å²) in [4.78, 5) is 0. The van der Waals surface area contributed by atoms with E-state index in [1.54, 1.807) is 13.3 Å². The Morgan fingerprint density at radius 3 is 2.88 bits per heavy atom. The van der Waals surface area contributed by atoms with Gasteiger partial charge in [-0.3, -0.25) is 5.10 Å². The first-order valence-corrected chi connectivity index (χ1v) is 5.62. The highest BCUT2D eigenvalue weighted by Gasteiger charge is 2.13. The highest BCUT2D eigenvalue weighted by atomic mass is 35.5. The normalized spacial score (nSPS) is 10.6. The van der Waals surface area contributed by atoms with Crippen molar-refractivity contribution in [1.29, 1.82) is 0 Å². The third-order valence-electron chi connectivity index (χ3n) is 2.69. The van der Waals surface area contributed by atoms with Crippen molar-refractivity contribution in [3.8, 4) is 17.0 Å². The fourth-order valence-corrected chi connectivity index (χ4v) is 1.88. The molecular formula is C12H14ClN3O. The first-order chi connectivity index (χ1) is 8.17. The lowest BCUT2D eigenvalue weighted by Gasteiger charge is -2.10. The van der Waals surface area contributed by atoms with E-state index in [-0.39, 0.29) is 0 Å². The zero-order chi connectivity index (χ0) is 12.4. The van der Waals surface area contributed by atoms with Crippen LogP contribution in [0, 0.1) is 6.92 Å². The molecule has 90 valence electrons. The van der Waals surface area contributed by atoms with Crippen LogP contribution in [-0.2, 0) is 6.54 Å². The van der Waals surface area contributed by atoms with Crippen molar-refractivity contribution in [2.75, 3.05) is 7.11 Å². The van der Waals surface area contributed by atoms with Gasteiger partial charge in [-0.15, -0.1) is 0 Å². The molecule has 2 rings (SSSR count). The van der Waals surface area contributed by atoms with Crippen molar-refractivity contribution in [3.05, 3.63) is 34.5 Å². The van der Waals surface area contributed by atoms with Crippen molar-refractivity contribution >= 4 is 11.6 Å². The van der Waals surface area contributed by atoms with Gasteiger partial charge in [-0.05, 0) is 24.6 Å². The number of nitrogens with one attached hydrogen (secondary N) is 1. The summed E-state index contributed by atoms with van der Waals surface area (Å²) in [6, 6.07) is 3.77. The summed E-state index contributed by atoms with van der Waals surface area (Å²) in [6.07, 6.45) is 1.71. The van der Waals surface area contributed by atoms with E-state index in [1.807, 2.05) is 19.1 Å². The molecule has 5 heteroatoms. The predicted molar refractivity (Wildman–Crippen MR) is 68.2 cm³/mol. The van der Waals surface area contributed by atoms with Crippen LogP contribution < -0.4 is 10.5 Å². The standard InChI is InChI=1S/C12H14ClN3O/c1-7-3-11(17-2)9(4-10(7)13)12-8(5-14)6-15-16-12/h3-4,6H,5,14H2,1-2H3,(H,15,16). The molecule has 0 fully saturated rings. The van der Waals surface area contributed by atoms with Crippen LogP contribution in [-0.4, -0.2) is 17.3 Å². The molecule has 0 saturated heterocycles. The van der Waals surface area contributed by atoms with Crippen LogP contribution in [0.1, 0.15) is 11.1 Å². The van der Waals surface area contributed by atoms with Gasteiger partial charge in [-0.2, -0.15) is 5.10 Å². The van der Waals surface area contributed by atoms with Gasteiger partial charge in [0.25, 0.3) is 0 Å². The Hall–Kier alpha value is -1.52. The molecule has 17 heavy (non-hydrogen) atoms. The molecule has 1 heterocycles. The van der Waals surface area contributed by atoms with Crippen molar-refractivity contribution < 1.29 is 4.74 Å². The number of aromatic nitrogens is 2. The molecule has 0 bridgehead atoms. The van der Waals surface area contributed by atoms with Gasteiger partial charge in [0.15, 0.2) is 0 Å². The summed E-state index contributed by atoms with van der Waals surface area (Å²) in [5.41, 5.74) is 9.29. The van der Waals surface area contributed by atoms with Crippen LogP contribution in [0.3, 0.4) is 0 Å². The number of hydrogen-bond donors (Lipinski definition) is 2. The lowest BCUT2D eigenvalue weighted by Crippen LogP contribution is -1.98. The van der Waals surface area contributed by atoms with E-state index < -0.39 is 0 Å². The van der Waals surface area contributed by atoms with Crippen LogP contribution in [0.2, 0.25) is 5.02 Å². The SMILES string of the molecule is COc1cc(C)c(Cl)cc1-c1[nH]ncc1CN. The van der Waals surface area contributed by atoms with Gasteiger partial charge in [-0.1, -0.05) is 11.6 Å². The van der Waals surface area contributed by atoms with Crippen molar-refractivity contribution in [1.82, 2.24) is 10.2 Å². The maximum atomic E-state index is 6.13. The molecule has 3 N–H and O–H groups in total. The molecule has 0 saturated carbocycles. The van der Waals surface area contributed by atoms with E-state index in [2.05, 4.69) is 10.2 Å². The van der Waals surface area contributed by atoms with Crippen LogP contribution in [0.4, 0.5) is 0 Å². The average molecular weight is 252 g/mol. The minimum Gasteiger partial charge on any atom is -0.496 e. The minimum atomic E-state index is 0.417. The highest BCUT2D eigenvalue weighted by Crippen LogP contribution is 2.34. The Morgan fingerprint density at radius 1 is 1.47 bits per heavy atom. The average Bonchev–Trinajstić information content (AvgIpc) is 2.80. The second kappa shape index (κ2) is 4.77. The predicted octanol–water partition coefficient (Wildman–Crippen LogP) is 2.51. The largest absolute Gasteiger partial charge is 0.496 e. The van der Waals surface area contributed by atoms with E-state index in [1.165, 1.54) is 0 Å². The maximum absolute atomic E-state index is 6.13. The zero-order valence-corrected chi connectivity index (χ0v) is 10.5. The first-order valence-electron chi connectivity index (χ1n) is 5.24. The molecule has 1 aromatic carbocycles. The summed E-state index contributed by atoms with van der Waals surface area (Å²) in [5.74, 6) is 0.755. The lowest BCUT2D eigenvalue weighted by atomic mass is 10.0. The van der Waals surface area contributed by atoms with Crippen LogP contribution in [0.15, 0.2) is 18.3 Å². The Kier molecular flexibility index (Phi) is 3.36. The van der Waals surface area contributed by atoms with Gasteiger partial charge < -0.3 is 10.5 Å². The van der Waals surface area contributed by atoms with Gasteiger partial charge in [0.05, 0.1) is 19.0 Å². The maximum Gasteiger partial charge on any atom is 0.128 e. The second-order valence-electron chi connectivity index (χ2n) is 3.78. The quantitative estimate of drug-likeness (QED) is 0.881. The molecule has 1 aromatic heterocycles. The van der Waals surface area contributed by atoms with E-state index in [9.17, 15) is 0 Å². The summed E-state index contributed by atoms with van der Waals surface area (Å²) in [7, 11) is 1.63. The van der Waals surface area contributed by atoms with E-state index in [4.69, 9.17) is 22.1 Å².